The number of halogens is 2. The zero-order valence-corrected chi connectivity index (χ0v) is 17.8. The van der Waals surface area contributed by atoms with Crippen LogP contribution < -0.4 is 15.5 Å². The number of hydrogen-bond acceptors (Lipinski definition) is 6. The fourth-order valence-corrected chi connectivity index (χ4v) is 5.14. The lowest BCUT2D eigenvalue weighted by atomic mass is 10.00. The number of piperidine rings is 1. The number of carbonyl (C=O) groups is 1. The van der Waals surface area contributed by atoms with Crippen molar-refractivity contribution in [3.05, 3.63) is 10.9 Å². The molecule has 2 aromatic heterocycles. The van der Waals surface area contributed by atoms with Crippen molar-refractivity contribution >= 4 is 68.1 Å². The van der Waals surface area contributed by atoms with Gasteiger partial charge in [-0.3, -0.25) is 4.79 Å². The summed E-state index contributed by atoms with van der Waals surface area (Å²) in [5.41, 5.74) is 0. The Labute approximate surface area is 169 Å². The molecule has 2 N–H and O–H groups in total. The van der Waals surface area contributed by atoms with Gasteiger partial charge in [-0.1, -0.05) is 11.3 Å². The molecule has 25 heavy (non-hydrogen) atoms. The smallest absolute Gasteiger partial charge is 0.261 e. The second-order valence-electron chi connectivity index (χ2n) is 5.87. The van der Waals surface area contributed by atoms with E-state index < -0.39 is 0 Å². The van der Waals surface area contributed by atoms with E-state index in [9.17, 15) is 4.79 Å². The Bertz CT molecular complexity index is 635. The van der Waals surface area contributed by atoms with Crippen molar-refractivity contribution in [3.63, 3.8) is 0 Å². The van der Waals surface area contributed by atoms with Crippen LogP contribution >= 0.6 is 47.5 Å². The summed E-state index contributed by atoms with van der Waals surface area (Å²) in [4.78, 5) is 21.0. The molecule has 5 nitrogen and oxygen atoms in total. The van der Waals surface area contributed by atoms with E-state index in [1.54, 1.807) is 11.3 Å². The van der Waals surface area contributed by atoms with Crippen molar-refractivity contribution in [2.75, 3.05) is 37.6 Å². The molecule has 142 valence electrons. The van der Waals surface area contributed by atoms with E-state index in [2.05, 4.69) is 34.4 Å². The van der Waals surface area contributed by atoms with Gasteiger partial charge < -0.3 is 15.5 Å². The van der Waals surface area contributed by atoms with Crippen molar-refractivity contribution < 1.29 is 4.79 Å². The molecule has 1 atom stereocenters. The number of rotatable bonds is 6. The first-order valence-corrected chi connectivity index (χ1v) is 9.98. The average molecular weight is 425 g/mol. The first-order valence-electron chi connectivity index (χ1n) is 8.35. The minimum absolute atomic E-state index is 0. The third kappa shape index (κ3) is 5.44. The predicted octanol–water partition coefficient (Wildman–Crippen LogP) is 3.78. The number of aromatic nitrogens is 1. The number of thiazole rings is 1. The van der Waals surface area contributed by atoms with Gasteiger partial charge in [0.1, 0.15) is 4.83 Å². The lowest BCUT2D eigenvalue weighted by Crippen LogP contribution is -2.37. The number of nitrogens with zero attached hydrogens (tertiary/aromatic N) is 2. The van der Waals surface area contributed by atoms with Crippen molar-refractivity contribution in [2.45, 2.75) is 26.7 Å². The highest BCUT2D eigenvalue weighted by molar-refractivity contribution is 7.29. The topological polar surface area (TPSA) is 57.3 Å². The summed E-state index contributed by atoms with van der Waals surface area (Å²) in [5, 5.41) is 7.51. The molecule has 1 saturated heterocycles. The van der Waals surface area contributed by atoms with Crippen molar-refractivity contribution in [1.29, 1.82) is 0 Å². The molecule has 0 radical (unpaired) electrons. The van der Waals surface area contributed by atoms with E-state index in [-0.39, 0.29) is 30.7 Å². The van der Waals surface area contributed by atoms with Crippen molar-refractivity contribution in [2.24, 2.45) is 5.92 Å². The highest BCUT2D eigenvalue weighted by Gasteiger charge is 2.18. The minimum Gasteiger partial charge on any atom is -0.351 e. The maximum Gasteiger partial charge on any atom is 0.261 e. The van der Waals surface area contributed by atoms with Crippen molar-refractivity contribution in [1.82, 2.24) is 15.6 Å². The van der Waals surface area contributed by atoms with Gasteiger partial charge in [-0.05, 0) is 51.8 Å². The fraction of sp³-hybridized carbons (Fsp3) is 0.625. The predicted molar refractivity (Wildman–Crippen MR) is 113 cm³/mol. The monoisotopic (exact) mass is 424 g/mol. The van der Waals surface area contributed by atoms with Gasteiger partial charge in [0.05, 0.1) is 9.58 Å². The Balaban J connectivity index is 0.00000156. The normalized spacial score (nSPS) is 16.8. The van der Waals surface area contributed by atoms with Crippen LogP contribution in [0.5, 0.6) is 0 Å². The number of nitrogens with one attached hydrogen (secondary N) is 2. The Hall–Kier alpha value is -0.600. The van der Waals surface area contributed by atoms with Crippen LogP contribution in [0, 0.1) is 5.92 Å². The highest BCUT2D eigenvalue weighted by Crippen LogP contribution is 2.34. The fourth-order valence-electron chi connectivity index (χ4n) is 2.89. The zero-order chi connectivity index (χ0) is 16.2. The molecule has 1 amide bonds. The van der Waals surface area contributed by atoms with E-state index in [0.29, 0.717) is 5.92 Å². The number of carbonyl (C=O) groups excluding carboxylic acids is 1. The number of anilines is 1. The molecule has 0 spiro atoms. The van der Waals surface area contributed by atoms with E-state index in [0.717, 1.165) is 52.3 Å². The summed E-state index contributed by atoms with van der Waals surface area (Å²) in [5.74, 6) is 0.594. The second kappa shape index (κ2) is 10.5. The lowest BCUT2D eigenvalue weighted by Gasteiger charge is -2.22. The first-order chi connectivity index (χ1) is 11.2. The molecule has 2 aromatic rings. The van der Waals surface area contributed by atoms with E-state index >= 15 is 0 Å². The molecule has 1 fully saturated rings. The molecule has 0 bridgehead atoms. The van der Waals surface area contributed by atoms with Crippen LogP contribution in [0.2, 0.25) is 0 Å². The van der Waals surface area contributed by atoms with E-state index in [4.69, 9.17) is 0 Å². The van der Waals surface area contributed by atoms with Crippen LogP contribution in [0.4, 0.5) is 5.13 Å². The molecular weight excluding hydrogens is 399 g/mol. The summed E-state index contributed by atoms with van der Waals surface area (Å²) in [7, 11) is 0. The SMILES string of the molecule is CCN(CC)c1nc2sc(C(=O)NCC3CCCNC3)cc2s1.Cl.Cl. The molecular formula is C16H26Cl2N4OS2. The van der Waals surface area contributed by atoms with Gasteiger partial charge in [-0.25, -0.2) is 4.98 Å². The number of fused-ring (bicyclic) bond motifs is 1. The van der Waals surface area contributed by atoms with Gasteiger partial charge in [-0.2, -0.15) is 0 Å². The largest absolute Gasteiger partial charge is 0.351 e. The van der Waals surface area contributed by atoms with Crippen LogP contribution in [-0.2, 0) is 0 Å². The molecule has 1 unspecified atom stereocenters. The van der Waals surface area contributed by atoms with Crippen molar-refractivity contribution in [3.8, 4) is 0 Å². The molecule has 1 aliphatic heterocycles. The molecule has 9 heteroatoms. The number of amides is 1. The summed E-state index contributed by atoms with van der Waals surface area (Å²) in [6, 6.07) is 1.99. The Kier molecular flexibility index (Phi) is 9.45. The zero-order valence-electron chi connectivity index (χ0n) is 14.5. The second-order valence-corrected chi connectivity index (χ2v) is 7.91. The molecule has 0 aliphatic carbocycles. The summed E-state index contributed by atoms with van der Waals surface area (Å²) >= 11 is 3.17. The Morgan fingerprint density at radius 3 is 2.72 bits per heavy atom. The quantitative estimate of drug-likeness (QED) is 0.740. The Morgan fingerprint density at radius 2 is 2.12 bits per heavy atom. The maximum absolute atomic E-state index is 12.3. The van der Waals surface area contributed by atoms with Crippen LogP contribution in [-0.4, -0.2) is 43.6 Å². The highest BCUT2D eigenvalue weighted by atomic mass is 35.5. The first kappa shape index (κ1) is 22.4. The molecule has 3 heterocycles. The van der Waals surface area contributed by atoms with E-state index in [1.165, 1.54) is 24.2 Å². The molecule has 3 rings (SSSR count). The summed E-state index contributed by atoms with van der Waals surface area (Å²) in [6.07, 6.45) is 2.40. The summed E-state index contributed by atoms with van der Waals surface area (Å²) < 4.78 is 1.11. The third-order valence-electron chi connectivity index (χ3n) is 4.29. The molecule has 0 aromatic carbocycles. The molecule has 0 saturated carbocycles. The average Bonchev–Trinajstić information content (AvgIpc) is 3.14. The number of hydrogen-bond donors (Lipinski definition) is 2. The molecule has 1 aliphatic rings. The number of thiophene rings is 1. The minimum atomic E-state index is 0. The van der Waals surface area contributed by atoms with Gasteiger partial charge in [0.2, 0.25) is 0 Å². The maximum atomic E-state index is 12.3. The third-order valence-corrected chi connectivity index (χ3v) is 6.51. The van der Waals surface area contributed by atoms with Crippen LogP contribution in [0.15, 0.2) is 6.07 Å². The van der Waals surface area contributed by atoms with Gasteiger partial charge in [0.25, 0.3) is 5.91 Å². The van der Waals surface area contributed by atoms with Gasteiger partial charge in [0.15, 0.2) is 5.13 Å². The van der Waals surface area contributed by atoms with Gasteiger partial charge in [0, 0.05) is 19.6 Å². The Morgan fingerprint density at radius 1 is 1.36 bits per heavy atom. The lowest BCUT2D eigenvalue weighted by molar-refractivity contribution is 0.0949. The standard InChI is InChI=1S/C16H24N4OS2.2ClH/c1-3-20(4-2)16-19-15-13(23-16)8-12(22-15)14(21)18-10-11-6-5-7-17-9-11;;/h8,11,17H,3-7,9-10H2,1-2H3,(H,18,21);2*1H. The van der Waals surface area contributed by atoms with Gasteiger partial charge in [-0.15, -0.1) is 36.2 Å². The summed E-state index contributed by atoms with van der Waals surface area (Å²) in [6.45, 7) is 9.06. The van der Waals surface area contributed by atoms with Crippen LogP contribution in [0.1, 0.15) is 36.4 Å². The van der Waals surface area contributed by atoms with Gasteiger partial charge >= 0.3 is 0 Å². The van der Waals surface area contributed by atoms with Crippen LogP contribution in [0.25, 0.3) is 9.53 Å². The van der Waals surface area contributed by atoms with Crippen LogP contribution in [0.3, 0.4) is 0 Å². The van der Waals surface area contributed by atoms with E-state index in [1.807, 2.05) is 6.07 Å².